The summed E-state index contributed by atoms with van der Waals surface area (Å²) in [6.45, 7) is 1.89. The normalized spacial score (nSPS) is 45.7. The SMILES string of the molecule is C[C@]1(Br)CS(=O)(=O)C[C@H]1Br. The third-order valence-corrected chi connectivity index (χ3v) is 7.02. The lowest BCUT2D eigenvalue weighted by Gasteiger charge is -2.16. The van der Waals surface area contributed by atoms with Gasteiger partial charge in [0.15, 0.2) is 9.84 Å². The minimum Gasteiger partial charge on any atom is -0.229 e. The van der Waals surface area contributed by atoms with Gasteiger partial charge in [0.2, 0.25) is 0 Å². The highest BCUT2D eigenvalue weighted by Gasteiger charge is 2.43. The molecule has 1 saturated heterocycles. The maximum absolute atomic E-state index is 11.0. The van der Waals surface area contributed by atoms with Gasteiger partial charge in [0, 0.05) is 4.83 Å². The number of rotatable bonds is 0. The van der Waals surface area contributed by atoms with Crippen LogP contribution in [-0.4, -0.2) is 29.1 Å². The molecule has 1 aliphatic heterocycles. The molecule has 1 heterocycles. The van der Waals surface area contributed by atoms with Gasteiger partial charge in [-0.25, -0.2) is 8.42 Å². The molecule has 1 aliphatic rings. The second kappa shape index (κ2) is 2.45. The molecule has 0 aromatic rings. The second-order valence-electron chi connectivity index (χ2n) is 2.80. The van der Waals surface area contributed by atoms with Crippen molar-refractivity contribution in [2.75, 3.05) is 11.5 Å². The van der Waals surface area contributed by atoms with Gasteiger partial charge in [-0.1, -0.05) is 31.9 Å². The first-order valence-corrected chi connectivity index (χ1v) is 6.40. The van der Waals surface area contributed by atoms with Gasteiger partial charge in [-0.2, -0.15) is 0 Å². The van der Waals surface area contributed by atoms with Crippen molar-refractivity contribution in [1.82, 2.24) is 0 Å². The summed E-state index contributed by atoms with van der Waals surface area (Å²) in [5.74, 6) is 0.477. The van der Waals surface area contributed by atoms with E-state index in [2.05, 4.69) is 31.9 Å². The van der Waals surface area contributed by atoms with Crippen molar-refractivity contribution in [2.24, 2.45) is 0 Å². The zero-order valence-corrected chi connectivity index (χ0v) is 9.46. The van der Waals surface area contributed by atoms with Gasteiger partial charge in [-0.3, -0.25) is 0 Å². The van der Waals surface area contributed by atoms with E-state index in [9.17, 15) is 8.42 Å². The average Bonchev–Trinajstić information content (AvgIpc) is 1.73. The van der Waals surface area contributed by atoms with Crippen LogP contribution in [0.2, 0.25) is 0 Å². The molecule has 2 nitrogen and oxygen atoms in total. The largest absolute Gasteiger partial charge is 0.229 e. The molecule has 0 aliphatic carbocycles. The molecule has 0 bridgehead atoms. The monoisotopic (exact) mass is 290 g/mol. The van der Waals surface area contributed by atoms with Gasteiger partial charge in [-0.15, -0.1) is 0 Å². The van der Waals surface area contributed by atoms with Crippen LogP contribution in [-0.2, 0) is 9.84 Å². The van der Waals surface area contributed by atoms with E-state index in [-0.39, 0.29) is 20.7 Å². The summed E-state index contributed by atoms with van der Waals surface area (Å²) < 4.78 is 21.7. The van der Waals surface area contributed by atoms with Crippen LogP contribution in [0.15, 0.2) is 0 Å². The molecule has 0 spiro atoms. The summed E-state index contributed by atoms with van der Waals surface area (Å²) in [6.07, 6.45) is 0. The molecule has 0 aromatic heterocycles. The van der Waals surface area contributed by atoms with Crippen LogP contribution in [0.4, 0.5) is 0 Å². The van der Waals surface area contributed by atoms with Crippen LogP contribution < -0.4 is 0 Å². The van der Waals surface area contributed by atoms with Crippen LogP contribution in [0.25, 0.3) is 0 Å². The summed E-state index contributed by atoms with van der Waals surface area (Å²) in [7, 11) is -2.80. The Hall–Kier alpha value is 0.910. The Kier molecular flexibility index (Phi) is 2.21. The van der Waals surface area contributed by atoms with Crippen LogP contribution in [0, 0.1) is 0 Å². The average molecular weight is 292 g/mol. The van der Waals surface area contributed by atoms with Crippen molar-refractivity contribution >= 4 is 41.7 Å². The maximum atomic E-state index is 11.0. The predicted octanol–water partition coefficient (Wildman–Crippen LogP) is 1.33. The highest BCUT2D eigenvalue weighted by Crippen LogP contribution is 2.36. The van der Waals surface area contributed by atoms with E-state index >= 15 is 0 Å². The Morgan fingerprint density at radius 2 is 2.10 bits per heavy atom. The van der Waals surface area contributed by atoms with Gasteiger partial charge in [0.05, 0.1) is 15.8 Å². The first-order chi connectivity index (χ1) is 4.33. The van der Waals surface area contributed by atoms with Gasteiger partial charge in [-0.05, 0) is 6.92 Å². The predicted molar refractivity (Wildman–Crippen MR) is 48.7 cm³/mol. The lowest BCUT2D eigenvalue weighted by molar-refractivity contribution is 0.601. The van der Waals surface area contributed by atoms with Gasteiger partial charge in [0.25, 0.3) is 0 Å². The van der Waals surface area contributed by atoms with Crippen molar-refractivity contribution in [3.8, 4) is 0 Å². The Morgan fingerprint density at radius 1 is 1.60 bits per heavy atom. The molecule has 0 N–H and O–H groups in total. The molecule has 5 heteroatoms. The third kappa shape index (κ3) is 1.74. The highest BCUT2D eigenvalue weighted by molar-refractivity contribution is 9.12. The molecule has 2 atom stereocenters. The number of sulfone groups is 1. The summed E-state index contributed by atoms with van der Waals surface area (Å²) in [5.41, 5.74) is 0. The Balaban J connectivity index is 2.92. The lowest BCUT2D eigenvalue weighted by atomic mass is 10.2. The Morgan fingerprint density at radius 3 is 2.20 bits per heavy atom. The third-order valence-electron chi connectivity index (χ3n) is 1.56. The number of hydrogen-bond donors (Lipinski definition) is 0. The zero-order chi connectivity index (χ0) is 7.99. The number of hydrogen-bond acceptors (Lipinski definition) is 2. The molecule has 0 unspecified atom stereocenters. The van der Waals surface area contributed by atoms with Gasteiger partial charge < -0.3 is 0 Å². The van der Waals surface area contributed by atoms with E-state index in [1.165, 1.54) is 0 Å². The van der Waals surface area contributed by atoms with Gasteiger partial charge in [0.1, 0.15) is 0 Å². The second-order valence-corrected chi connectivity index (χ2v) is 7.83. The number of alkyl halides is 2. The van der Waals surface area contributed by atoms with E-state index in [0.29, 0.717) is 0 Å². The molecular formula is C5H8Br2O2S. The van der Waals surface area contributed by atoms with E-state index in [1.54, 1.807) is 0 Å². The maximum Gasteiger partial charge on any atom is 0.152 e. The molecule has 60 valence electrons. The molecule has 0 saturated carbocycles. The molecule has 1 rings (SSSR count). The van der Waals surface area contributed by atoms with E-state index < -0.39 is 9.84 Å². The first-order valence-electron chi connectivity index (χ1n) is 2.87. The summed E-state index contributed by atoms with van der Waals surface area (Å²) in [5, 5.41) is 0. The minimum absolute atomic E-state index is 0.0463. The molecule has 1 fully saturated rings. The number of halogens is 2. The fourth-order valence-electron chi connectivity index (χ4n) is 0.976. The van der Waals surface area contributed by atoms with Gasteiger partial charge >= 0.3 is 0 Å². The lowest BCUT2D eigenvalue weighted by Crippen LogP contribution is -2.25. The Bertz CT molecular complexity index is 232. The fourth-order valence-corrected chi connectivity index (χ4v) is 5.98. The topological polar surface area (TPSA) is 34.1 Å². The van der Waals surface area contributed by atoms with Crippen LogP contribution in [0.5, 0.6) is 0 Å². The summed E-state index contributed by atoms with van der Waals surface area (Å²) in [4.78, 5) is 0.0463. The zero-order valence-electron chi connectivity index (χ0n) is 5.47. The minimum atomic E-state index is -2.80. The standard InChI is InChI=1S/C5H8Br2O2S/c1-5(7)3-10(8,9)2-4(5)6/h4H,2-3H2,1H3/t4-,5+/m1/s1. The molecule has 0 radical (unpaired) electrons. The fraction of sp³-hybridized carbons (Fsp3) is 1.00. The van der Waals surface area contributed by atoms with Crippen LogP contribution in [0.1, 0.15) is 6.92 Å². The Labute approximate surface area is 77.6 Å². The van der Waals surface area contributed by atoms with Crippen molar-refractivity contribution in [3.05, 3.63) is 0 Å². The van der Waals surface area contributed by atoms with Crippen molar-refractivity contribution in [2.45, 2.75) is 16.1 Å². The van der Waals surface area contributed by atoms with Crippen LogP contribution >= 0.6 is 31.9 Å². The molecular weight excluding hydrogens is 284 g/mol. The van der Waals surface area contributed by atoms with E-state index in [1.807, 2.05) is 6.92 Å². The summed E-state index contributed by atoms with van der Waals surface area (Å²) >= 11 is 6.67. The van der Waals surface area contributed by atoms with Crippen molar-refractivity contribution in [3.63, 3.8) is 0 Å². The summed E-state index contributed by atoms with van der Waals surface area (Å²) in [6, 6.07) is 0. The quantitative estimate of drug-likeness (QED) is 0.631. The first kappa shape index (κ1) is 9.00. The smallest absolute Gasteiger partial charge is 0.152 e. The molecule has 10 heavy (non-hydrogen) atoms. The highest BCUT2D eigenvalue weighted by atomic mass is 79.9. The van der Waals surface area contributed by atoms with Crippen molar-refractivity contribution in [1.29, 1.82) is 0 Å². The molecule has 0 aromatic carbocycles. The van der Waals surface area contributed by atoms with E-state index in [0.717, 1.165) is 0 Å². The van der Waals surface area contributed by atoms with Crippen molar-refractivity contribution < 1.29 is 8.42 Å². The molecule has 0 amide bonds. The van der Waals surface area contributed by atoms with E-state index in [4.69, 9.17) is 0 Å². The van der Waals surface area contributed by atoms with Crippen LogP contribution in [0.3, 0.4) is 0 Å².